The van der Waals surface area contributed by atoms with Crippen LogP contribution in [0.4, 0.5) is 5.69 Å². The van der Waals surface area contributed by atoms with E-state index in [0.717, 1.165) is 24.1 Å². The molecule has 1 heterocycles. The van der Waals surface area contributed by atoms with Gasteiger partial charge in [0.25, 0.3) is 0 Å². The molecule has 0 radical (unpaired) electrons. The van der Waals surface area contributed by atoms with Crippen LogP contribution in [0, 0.1) is 6.92 Å². The van der Waals surface area contributed by atoms with Crippen LogP contribution in [0.3, 0.4) is 0 Å². The Morgan fingerprint density at radius 3 is 2.82 bits per heavy atom. The second-order valence-electron chi connectivity index (χ2n) is 6.35. The Labute approximate surface area is 130 Å². The highest BCUT2D eigenvalue weighted by Gasteiger charge is 2.36. The number of benzene rings is 1. The quantitative estimate of drug-likeness (QED) is 0.796. The lowest BCUT2D eigenvalue weighted by molar-refractivity contribution is -0.129. The highest BCUT2D eigenvalue weighted by Crippen LogP contribution is 2.22. The maximum atomic E-state index is 12.2. The molecule has 3 atom stereocenters. The van der Waals surface area contributed by atoms with Crippen molar-refractivity contribution in [2.75, 3.05) is 5.32 Å². The van der Waals surface area contributed by atoms with E-state index in [-0.39, 0.29) is 24.3 Å². The van der Waals surface area contributed by atoms with Crippen molar-refractivity contribution in [1.82, 2.24) is 10.6 Å². The number of piperazine rings is 1. The maximum Gasteiger partial charge on any atom is 0.237 e. The number of aryl methyl sites for hydroxylation is 1. The molecule has 0 aromatic heterocycles. The van der Waals surface area contributed by atoms with E-state index >= 15 is 0 Å². The van der Waals surface area contributed by atoms with Crippen LogP contribution in [0.2, 0.25) is 0 Å². The molecule has 1 aliphatic heterocycles. The summed E-state index contributed by atoms with van der Waals surface area (Å²) in [4.78, 5) is 24.3. The zero-order chi connectivity index (χ0) is 15.5. The number of carbonyl (C=O) groups is 2. The average Bonchev–Trinajstić information content (AvgIpc) is 2.48. The van der Waals surface area contributed by atoms with Crippen molar-refractivity contribution < 1.29 is 9.59 Å². The van der Waals surface area contributed by atoms with E-state index in [9.17, 15) is 9.59 Å². The molecule has 0 bridgehead atoms. The normalized spacial score (nSPS) is 27.7. The van der Waals surface area contributed by atoms with Crippen molar-refractivity contribution >= 4 is 17.5 Å². The molecule has 2 fully saturated rings. The Balaban J connectivity index is 1.57. The van der Waals surface area contributed by atoms with E-state index < -0.39 is 6.04 Å². The lowest BCUT2D eigenvalue weighted by atomic mass is 9.87. The van der Waals surface area contributed by atoms with Gasteiger partial charge in [-0.3, -0.25) is 9.59 Å². The first kappa shape index (κ1) is 15.0. The molecule has 1 aromatic rings. The summed E-state index contributed by atoms with van der Waals surface area (Å²) in [6.07, 6.45) is 4.63. The van der Waals surface area contributed by atoms with Gasteiger partial charge in [0, 0.05) is 17.8 Å². The number of anilines is 1. The molecule has 3 N–H and O–H groups in total. The summed E-state index contributed by atoms with van der Waals surface area (Å²) < 4.78 is 0. The van der Waals surface area contributed by atoms with Gasteiger partial charge in [0.15, 0.2) is 0 Å². The van der Waals surface area contributed by atoms with Crippen molar-refractivity contribution in [3.8, 4) is 0 Å². The van der Waals surface area contributed by atoms with Crippen molar-refractivity contribution in [3.63, 3.8) is 0 Å². The largest absolute Gasteiger partial charge is 0.350 e. The first-order valence-electron chi connectivity index (χ1n) is 8.05. The lowest BCUT2D eigenvalue weighted by Crippen LogP contribution is -2.65. The standard InChI is InChI=1S/C17H23N3O2/c1-11-5-4-6-12(9-11)18-16(21)10-15-17(22)20-14-8-3-2-7-13(14)19-15/h4-6,9,13-15,19H,2-3,7-8,10H2,1H3,(H,18,21)(H,20,22)/t13-,14+,15+/m0/s1. The molecule has 5 nitrogen and oxygen atoms in total. The maximum absolute atomic E-state index is 12.2. The molecule has 118 valence electrons. The van der Waals surface area contributed by atoms with Gasteiger partial charge in [-0.1, -0.05) is 25.0 Å². The van der Waals surface area contributed by atoms with Gasteiger partial charge in [-0.25, -0.2) is 0 Å². The van der Waals surface area contributed by atoms with Crippen molar-refractivity contribution in [2.24, 2.45) is 0 Å². The number of hydrogen-bond donors (Lipinski definition) is 3. The summed E-state index contributed by atoms with van der Waals surface area (Å²) in [7, 11) is 0. The van der Waals surface area contributed by atoms with Crippen molar-refractivity contribution in [3.05, 3.63) is 29.8 Å². The Bertz CT molecular complexity index is 573. The number of nitrogens with one attached hydrogen (secondary N) is 3. The van der Waals surface area contributed by atoms with Crippen LogP contribution in [0.25, 0.3) is 0 Å². The minimum Gasteiger partial charge on any atom is -0.350 e. The van der Waals surface area contributed by atoms with Gasteiger partial charge in [0.1, 0.15) is 0 Å². The van der Waals surface area contributed by atoms with Gasteiger partial charge < -0.3 is 16.0 Å². The molecule has 2 amide bonds. The smallest absolute Gasteiger partial charge is 0.237 e. The monoisotopic (exact) mass is 301 g/mol. The van der Waals surface area contributed by atoms with E-state index in [2.05, 4.69) is 16.0 Å². The SMILES string of the molecule is Cc1cccc(NC(=O)C[C@H]2N[C@H]3CCCC[C@H]3NC2=O)c1. The third-order valence-corrected chi connectivity index (χ3v) is 4.52. The Hall–Kier alpha value is -1.88. The number of carbonyl (C=O) groups excluding carboxylic acids is 2. The van der Waals surface area contributed by atoms with E-state index in [1.807, 2.05) is 31.2 Å². The Morgan fingerprint density at radius 1 is 1.27 bits per heavy atom. The fourth-order valence-corrected chi connectivity index (χ4v) is 3.39. The highest BCUT2D eigenvalue weighted by atomic mass is 16.2. The van der Waals surface area contributed by atoms with Crippen LogP contribution < -0.4 is 16.0 Å². The first-order chi connectivity index (χ1) is 10.6. The van der Waals surface area contributed by atoms with Crippen LogP contribution in [0.15, 0.2) is 24.3 Å². The highest BCUT2D eigenvalue weighted by molar-refractivity contribution is 5.95. The molecule has 3 rings (SSSR count). The zero-order valence-corrected chi connectivity index (χ0v) is 12.9. The third-order valence-electron chi connectivity index (χ3n) is 4.52. The molecule has 1 saturated carbocycles. The molecule has 1 aromatic carbocycles. The van der Waals surface area contributed by atoms with Gasteiger partial charge in [-0.2, -0.15) is 0 Å². The Kier molecular flexibility index (Phi) is 4.43. The van der Waals surface area contributed by atoms with E-state index in [0.29, 0.717) is 6.04 Å². The first-order valence-corrected chi connectivity index (χ1v) is 8.05. The third kappa shape index (κ3) is 3.47. The zero-order valence-electron chi connectivity index (χ0n) is 12.9. The number of fused-ring (bicyclic) bond motifs is 1. The number of amides is 2. The van der Waals surface area contributed by atoms with Crippen LogP contribution in [0.5, 0.6) is 0 Å². The van der Waals surface area contributed by atoms with Gasteiger partial charge in [0.05, 0.1) is 12.5 Å². The lowest BCUT2D eigenvalue weighted by Gasteiger charge is -2.40. The molecule has 22 heavy (non-hydrogen) atoms. The minimum absolute atomic E-state index is 0.0532. The Morgan fingerprint density at radius 2 is 2.05 bits per heavy atom. The molecular weight excluding hydrogens is 278 g/mol. The summed E-state index contributed by atoms with van der Waals surface area (Å²) in [5.41, 5.74) is 1.87. The van der Waals surface area contributed by atoms with E-state index in [1.54, 1.807) is 0 Å². The summed E-state index contributed by atoms with van der Waals surface area (Å²) in [5.74, 6) is -0.185. The minimum atomic E-state index is -0.427. The van der Waals surface area contributed by atoms with Crippen LogP contribution in [-0.4, -0.2) is 29.9 Å². The fourth-order valence-electron chi connectivity index (χ4n) is 3.39. The van der Waals surface area contributed by atoms with E-state index in [4.69, 9.17) is 0 Å². The van der Waals surface area contributed by atoms with Gasteiger partial charge in [0.2, 0.25) is 11.8 Å². The van der Waals surface area contributed by atoms with E-state index in [1.165, 1.54) is 12.8 Å². The van der Waals surface area contributed by atoms with Crippen LogP contribution in [-0.2, 0) is 9.59 Å². The molecule has 1 aliphatic carbocycles. The van der Waals surface area contributed by atoms with Crippen molar-refractivity contribution in [1.29, 1.82) is 0 Å². The molecule has 5 heteroatoms. The summed E-state index contributed by atoms with van der Waals surface area (Å²) in [6, 6.07) is 7.78. The van der Waals surface area contributed by atoms with Gasteiger partial charge in [-0.05, 0) is 37.5 Å². The average molecular weight is 301 g/mol. The molecule has 1 saturated heterocycles. The number of hydrogen-bond acceptors (Lipinski definition) is 3. The molecule has 2 aliphatic rings. The van der Waals surface area contributed by atoms with Crippen LogP contribution >= 0.6 is 0 Å². The predicted octanol–water partition coefficient (Wildman–Crippen LogP) is 1.72. The van der Waals surface area contributed by atoms with Crippen LogP contribution in [0.1, 0.15) is 37.7 Å². The summed E-state index contributed by atoms with van der Waals surface area (Å²) >= 11 is 0. The second-order valence-corrected chi connectivity index (χ2v) is 6.35. The molecule has 0 unspecified atom stereocenters. The van der Waals surface area contributed by atoms with Gasteiger partial charge >= 0.3 is 0 Å². The van der Waals surface area contributed by atoms with Crippen molar-refractivity contribution in [2.45, 2.75) is 57.2 Å². The predicted molar refractivity (Wildman–Crippen MR) is 85.5 cm³/mol. The second kappa shape index (κ2) is 6.48. The summed E-state index contributed by atoms with van der Waals surface area (Å²) in [5, 5.41) is 9.29. The summed E-state index contributed by atoms with van der Waals surface area (Å²) in [6.45, 7) is 1.98. The van der Waals surface area contributed by atoms with Gasteiger partial charge in [-0.15, -0.1) is 0 Å². The molecule has 0 spiro atoms. The fraction of sp³-hybridized carbons (Fsp3) is 0.529. The number of rotatable bonds is 3. The topological polar surface area (TPSA) is 70.2 Å². The molecular formula is C17H23N3O2.